The third-order valence-electron chi connectivity index (χ3n) is 6.13. The molecule has 3 heterocycles. The summed E-state index contributed by atoms with van der Waals surface area (Å²) in [5, 5.41) is 15.3. The van der Waals surface area contributed by atoms with Crippen LogP contribution in [-0.2, 0) is 5.41 Å². The molecule has 0 aliphatic heterocycles. The van der Waals surface area contributed by atoms with Gasteiger partial charge in [0.1, 0.15) is 29.3 Å². The van der Waals surface area contributed by atoms with Gasteiger partial charge in [-0.05, 0) is 61.9 Å². The topological polar surface area (TPSA) is 119 Å². The highest BCUT2D eigenvalue weighted by atomic mass is 19.1. The van der Waals surface area contributed by atoms with Gasteiger partial charge in [-0.3, -0.25) is 4.79 Å². The van der Waals surface area contributed by atoms with Gasteiger partial charge in [0.05, 0.1) is 22.9 Å². The molecule has 0 saturated heterocycles. The predicted octanol–water partition coefficient (Wildman–Crippen LogP) is 6.10. The lowest BCUT2D eigenvalue weighted by molar-refractivity contribution is 0.102. The highest BCUT2D eigenvalue weighted by Gasteiger charge is 2.22. The molecule has 3 N–H and O–H groups in total. The van der Waals surface area contributed by atoms with Gasteiger partial charge in [0.15, 0.2) is 5.82 Å². The van der Waals surface area contributed by atoms with E-state index in [4.69, 9.17) is 0 Å². The molecule has 0 saturated carbocycles. The normalized spacial score (nSPS) is 11.2. The number of rotatable bonds is 6. The van der Waals surface area contributed by atoms with Gasteiger partial charge in [0.2, 0.25) is 0 Å². The number of nitriles is 1. The van der Waals surface area contributed by atoms with E-state index in [1.807, 2.05) is 0 Å². The Kier molecular flexibility index (Phi) is 6.26. The molecule has 0 atom stereocenters. The van der Waals surface area contributed by atoms with Crippen molar-refractivity contribution < 1.29 is 13.6 Å². The summed E-state index contributed by atoms with van der Waals surface area (Å²) in [4.78, 5) is 28.7. The minimum Gasteiger partial charge on any atom is -0.346 e. The van der Waals surface area contributed by atoms with Crippen molar-refractivity contribution in [3.05, 3.63) is 96.1 Å². The molecule has 0 aliphatic carbocycles. The molecular formula is C28H21F2N7O. The van der Waals surface area contributed by atoms with Gasteiger partial charge in [0, 0.05) is 28.9 Å². The number of hydrogen-bond donors (Lipinski definition) is 3. The first-order valence-electron chi connectivity index (χ1n) is 11.6. The van der Waals surface area contributed by atoms with E-state index in [1.165, 1.54) is 12.5 Å². The number of nitrogens with one attached hydrogen (secondary N) is 3. The number of aromatic amines is 1. The van der Waals surface area contributed by atoms with Gasteiger partial charge in [0.25, 0.3) is 5.91 Å². The van der Waals surface area contributed by atoms with Crippen molar-refractivity contribution in [2.75, 3.05) is 10.6 Å². The minimum absolute atomic E-state index is 0.168. The summed E-state index contributed by atoms with van der Waals surface area (Å²) in [7, 11) is 0. The lowest BCUT2D eigenvalue weighted by atomic mass is 9.85. The minimum atomic E-state index is -1.00. The number of aromatic nitrogens is 4. The maximum atomic E-state index is 15.5. The van der Waals surface area contributed by atoms with Crippen LogP contribution in [0.1, 0.15) is 29.8 Å². The second kappa shape index (κ2) is 9.71. The number of H-pyrrole nitrogens is 1. The van der Waals surface area contributed by atoms with Crippen LogP contribution in [0.25, 0.3) is 22.3 Å². The molecule has 188 valence electrons. The molecule has 5 rings (SSSR count). The summed E-state index contributed by atoms with van der Waals surface area (Å²) in [6.45, 7) is 3.46. The van der Waals surface area contributed by atoms with Gasteiger partial charge in [-0.1, -0.05) is 12.1 Å². The zero-order valence-electron chi connectivity index (χ0n) is 20.4. The van der Waals surface area contributed by atoms with Crippen LogP contribution < -0.4 is 10.6 Å². The van der Waals surface area contributed by atoms with Crippen molar-refractivity contribution in [3.8, 4) is 17.3 Å². The summed E-state index contributed by atoms with van der Waals surface area (Å²) in [6.07, 6.45) is 4.59. The summed E-state index contributed by atoms with van der Waals surface area (Å²) in [5.74, 6) is -2.31. The molecule has 0 bridgehead atoms. The monoisotopic (exact) mass is 509 g/mol. The molecule has 5 aromatic rings. The molecule has 0 radical (unpaired) electrons. The number of pyridine rings is 1. The Morgan fingerprint density at radius 3 is 2.71 bits per heavy atom. The number of amides is 1. The fourth-order valence-corrected chi connectivity index (χ4v) is 3.97. The van der Waals surface area contributed by atoms with Gasteiger partial charge in [-0.15, -0.1) is 0 Å². The molecule has 0 spiro atoms. The summed E-state index contributed by atoms with van der Waals surface area (Å²) >= 11 is 0. The first-order chi connectivity index (χ1) is 18.3. The van der Waals surface area contributed by atoms with Crippen LogP contribution in [0, 0.1) is 23.0 Å². The van der Waals surface area contributed by atoms with E-state index in [2.05, 4.69) is 36.6 Å². The standard InChI is InChI=1S/C28H21F2N7O/c1-28(2,14-31)17-6-3-5-16(13-17)27(38)36-21-9-8-20(29)24(22(21)30)37-26-18(7-4-11-32-26)23-19-10-12-33-25(19)35-15-34-23/h3-13,15H,1-2H3,(H,32,37)(H,36,38)(H,33,34,35). The van der Waals surface area contributed by atoms with Crippen LogP contribution in [-0.4, -0.2) is 25.8 Å². The fourth-order valence-electron chi connectivity index (χ4n) is 3.97. The Morgan fingerprint density at radius 2 is 1.89 bits per heavy atom. The number of halogens is 2. The average Bonchev–Trinajstić information content (AvgIpc) is 3.42. The van der Waals surface area contributed by atoms with Crippen molar-refractivity contribution in [1.82, 2.24) is 19.9 Å². The SMILES string of the molecule is CC(C)(C#N)c1cccc(C(=O)Nc2ccc(F)c(Nc3ncccc3-c3ncnc4[nH]ccc34)c2F)c1. The van der Waals surface area contributed by atoms with Gasteiger partial charge in [-0.2, -0.15) is 5.26 Å². The fraction of sp³-hybridized carbons (Fsp3) is 0.107. The van der Waals surface area contributed by atoms with Crippen LogP contribution in [0.15, 0.2) is 73.3 Å². The quantitative estimate of drug-likeness (QED) is 0.255. The molecule has 38 heavy (non-hydrogen) atoms. The number of carbonyl (C=O) groups is 1. The smallest absolute Gasteiger partial charge is 0.255 e. The van der Waals surface area contributed by atoms with Gasteiger partial charge in [-0.25, -0.2) is 23.7 Å². The number of anilines is 3. The Hall–Kier alpha value is -5.17. The largest absolute Gasteiger partial charge is 0.346 e. The molecule has 0 fully saturated rings. The number of nitrogens with zero attached hydrogens (tertiary/aromatic N) is 4. The van der Waals surface area contributed by atoms with E-state index in [-0.39, 0.29) is 17.1 Å². The molecule has 1 amide bonds. The zero-order valence-corrected chi connectivity index (χ0v) is 20.4. The van der Waals surface area contributed by atoms with Crippen LogP contribution >= 0.6 is 0 Å². The number of fused-ring (bicyclic) bond motifs is 1. The van der Waals surface area contributed by atoms with Crippen molar-refractivity contribution in [3.63, 3.8) is 0 Å². The predicted molar refractivity (Wildman–Crippen MR) is 140 cm³/mol. The van der Waals surface area contributed by atoms with E-state index in [0.717, 1.165) is 12.1 Å². The van der Waals surface area contributed by atoms with E-state index in [0.29, 0.717) is 27.9 Å². The van der Waals surface area contributed by atoms with E-state index in [9.17, 15) is 14.4 Å². The second-order valence-corrected chi connectivity index (χ2v) is 9.04. The van der Waals surface area contributed by atoms with E-state index in [1.54, 1.807) is 62.5 Å². The van der Waals surface area contributed by atoms with Crippen LogP contribution in [0.5, 0.6) is 0 Å². The lowest BCUT2D eigenvalue weighted by Gasteiger charge is -2.17. The van der Waals surface area contributed by atoms with Crippen molar-refractivity contribution in [1.29, 1.82) is 5.26 Å². The number of hydrogen-bond acceptors (Lipinski definition) is 6. The van der Waals surface area contributed by atoms with Crippen LogP contribution in [0.3, 0.4) is 0 Å². The molecule has 0 aliphatic rings. The number of benzene rings is 2. The summed E-state index contributed by atoms with van der Waals surface area (Å²) in [6, 6.07) is 16.1. The Labute approximate surface area is 216 Å². The molecular weight excluding hydrogens is 488 g/mol. The molecule has 10 heteroatoms. The maximum Gasteiger partial charge on any atom is 0.255 e. The molecule has 3 aromatic heterocycles. The second-order valence-electron chi connectivity index (χ2n) is 9.04. The third kappa shape index (κ3) is 4.53. The highest BCUT2D eigenvalue weighted by molar-refractivity contribution is 6.05. The highest BCUT2D eigenvalue weighted by Crippen LogP contribution is 2.34. The van der Waals surface area contributed by atoms with Crippen molar-refractivity contribution in [2.24, 2.45) is 0 Å². The molecule has 8 nitrogen and oxygen atoms in total. The summed E-state index contributed by atoms with van der Waals surface area (Å²) in [5.41, 5.74) is 0.979. The Morgan fingerprint density at radius 1 is 1.05 bits per heavy atom. The van der Waals surface area contributed by atoms with E-state index >= 15 is 4.39 Å². The lowest BCUT2D eigenvalue weighted by Crippen LogP contribution is -2.17. The number of carbonyl (C=O) groups excluding carboxylic acids is 1. The van der Waals surface area contributed by atoms with Gasteiger partial charge >= 0.3 is 0 Å². The van der Waals surface area contributed by atoms with Crippen LogP contribution in [0.4, 0.5) is 26.0 Å². The first kappa shape index (κ1) is 24.5. The third-order valence-corrected chi connectivity index (χ3v) is 6.13. The first-order valence-corrected chi connectivity index (χ1v) is 11.6. The average molecular weight is 510 g/mol. The molecule has 2 aromatic carbocycles. The van der Waals surface area contributed by atoms with Gasteiger partial charge < -0.3 is 15.6 Å². The Bertz CT molecular complexity index is 1720. The van der Waals surface area contributed by atoms with Crippen molar-refractivity contribution >= 4 is 34.1 Å². The van der Waals surface area contributed by atoms with Crippen LogP contribution in [0.2, 0.25) is 0 Å². The van der Waals surface area contributed by atoms with Crippen molar-refractivity contribution in [2.45, 2.75) is 19.3 Å². The maximum absolute atomic E-state index is 15.5. The van der Waals surface area contributed by atoms with E-state index < -0.39 is 28.6 Å². The summed E-state index contributed by atoms with van der Waals surface area (Å²) < 4.78 is 30.4. The molecule has 0 unspecified atom stereocenters. The Balaban J connectivity index is 1.47. The zero-order chi connectivity index (χ0) is 26.9.